The molecule has 3 amide bonds. The second-order valence-electron chi connectivity index (χ2n) is 6.23. The van der Waals surface area contributed by atoms with Crippen molar-refractivity contribution in [3.8, 4) is 11.5 Å². The van der Waals surface area contributed by atoms with Gasteiger partial charge in [-0.3, -0.25) is 9.69 Å². The lowest BCUT2D eigenvalue weighted by Crippen LogP contribution is -2.30. The number of methoxy groups -OCH3 is 2. The molecular formula is C20H18N2O9. The van der Waals surface area contributed by atoms with Gasteiger partial charge in [0.25, 0.3) is 5.91 Å². The van der Waals surface area contributed by atoms with E-state index in [-0.39, 0.29) is 35.3 Å². The van der Waals surface area contributed by atoms with Crippen LogP contribution in [0.15, 0.2) is 40.4 Å². The topological polar surface area (TPSA) is 145 Å². The number of carboxylic acids is 1. The highest BCUT2D eigenvalue weighted by atomic mass is 16.5. The standard InChI is InChI=1S/C20H18N2O9/c1-28-16-8-11(3-5-14(16)30-10-17(23)24)7-13-18(25)22(20(27)21-13)9-12-4-6-15(31-12)19(26)29-2/h3-8H,9-10H2,1-2H3,(H,21,27)(H,23,24)/b13-7-. The van der Waals surface area contributed by atoms with Crippen molar-refractivity contribution in [1.82, 2.24) is 10.2 Å². The monoisotopic (exact) mass is 430 g/mol. The average molecular weight is 430 g/mol. The lowest BCUT2D eigenvalue weighted by molar-refractivity contribution is -0.139. The van der Waals surface area contributed by atoms with E-state index < -0.39 is 30.5 Å². The molecular weight excluding hydrogens is 412 g/mol. The fraction of sp³-hybridized carbons (Fsp3) is 0.200. The number of hydrogen-bond acceptors (Lipinski definition) is 8. The van der Waals surface area contributed by atoms with Crippen LogP contribution < -0.4 is 14.8 Å². The zero-order valence-corrected chi connectivity index (χ0v) is 16.5. The van der Waals surface area contributed by atoms with E-state index in [1.54, 1.807) is 6.07 Å². The zero-order chi connectivity index (χ0) is 22.5. The number of furan rings is 1. The summed E-state index contributed by atoms with van der Waals surface area (Å²) >= 11 is 0. The molecule has 1 aromatic heterocycles. The Kier molecular flexibility index (Phi) is 6.24. The first-order valence-corrected chi connectivity index (χ1v) is 8.86. The molecule has 2 N–H and O–H groups in total. The molecule has 11 heteroatoms. The Hall–Kier alpha value is -4.28. The summed E-state index contributed by atoms with van der Waals surface area (Å²) in [6.45, 7) is -0.713. The number of ether oxygens (including phenoxy) is 3. The fourth-order valence-electron chi connectivity index (χ4n) is 2.74. The van der Waals surface area contributed by atoms with Crippen LogP contribution in [-0.4, -0.2) is 54.7 Å². The summed E-state index contributed by atoms with van der Waals surface area (Å²) in [5, 5.41) is 11.2. The minimum Gasteiger partial charge on any atom is -0.493 e. The van der Waals surface area contributed by atoms with Crippen molar-refractivity contribution in [3.63, 3.8) is 0 Å². The van der Waals surface area contributed by atoms with Gasteiger partial charge in [-0.1, -0.05) is 6.07 Å². The van der Waals surface area contributed by atoms with E-state index in [0.717, 1.165) is 4.90 Å². The Morgan fingerprint density at radius 1 is 1.16 bits per heavy atom. The van der Waals surface area contributed by atoms with Crippen molar-refractivity contribution in [2.24, 2.45) is 0 Å². The van der Waals surface area contributed by atoms with Crippen LogP contribution >= 0.6 is 0 Å². The van der Waals surface area contributed by atoms with E-state index in [9.17, 15) is 19.2 Å². The average Bonchev–Trinajstić information content (AvgIpc) is 3.32. The van der Waals surface area contributed by atoms with E-state index in [0.29, 0.717) is 5.56 Å². The summed E-state index contributed by atoms with van der Waals surface area (Å²) < 4.78 is 20.2. The summed E-state index contributed by atoms with van der Waals surface area (Å²) in [6, 6.07) is 6.79. The molecule has 0 bridgehead atoms. The minimum absolute atomic E-state index is 0.0194. The second kappa shape index (κ2) is 9.03. The summed E-state index contributed by atoms with van der Waals surface area (Å²) in [5.74, 6) is -1.74. The van der Waals surface area contributed by atoms with Gasteiger partial charge < -0.3 is 29.1 Å². The lowest BCUT2D eigenvalue weighted by atomic mass is 10.1. The summed E-state index contributed by atoms with van der Waals surface area (Å²) in [4.78, 5) is 47.9. The minimum atomic E-state index is -1.14. The molecule has 0 atom stereocenters. The molecule has 162 valence electrons. The third kappa shape index (κ3) is 4.83. The van der Waals surface area contributed by atoms with Crippen LogP contribution in [-0.2, 0) is 20.9 Å². The van der Waals surface area contributed by atoms with Gasteiger partial charge in [0.1, 0.15) is 11.5 Å². The van der Waals surface area contributed by atoms with Gasteiger partial charge in [-0.2, -0.15) is 0 Å². The van der Waals surface area contributed by atoms with E-state index in [4.69, 9.17) is 19.0 Å². The quantitative estimate of drug-likeness (QED) is 0.363. The van der Waals surface area contributed by atoms with Crippen LogP contribution in [0.1, 0.15) is 21.9 Å². The SMILES string of the molecule is COC(=O)c1ccc(CN2C(=O)N/C(=C\c3ccc(OCC(=O)O)c(OC)c3)C2=O)o1. The van der Waals surface area contributed by atoms with Gasteiger partial charge in [0.2, 0.25) is 5.76 Å². The van der Waals surface area contributed by atoms with Crippen LogP contribution in [0.25, 0.3) is 6.08 Å². The number of carbonyl (C=O) groups excluding carboxylic acids is 3. The van der Waals surface area contributed by atoms with E-state index in [2.05, 4.69) is 10.1 Å². The number of hydrogen-bond donors (Lipinski definition) is 2. The summed E-state index contributed by atoms with van der Waals surface area (Å²) in [6.07, 6.45) is 1.44. The normalized spacial score (nSPS) is 14.5. The molecule has 0 spiro atoms. The predicted octanol–water partition coefficient (Wildman–Crippen LogP) is 1.63. The van der Waals surface area contributed by atoms with Gasteiger partial charge in [-0.25, -0.2) is 14.4 Å². The Morgan fingerprint density at radius 3 is 2.61 bits per heavy atom. The van der Waals surface area contributed by atoms with Gasteiger partial charge >= 0.3 is 18.0 Å². The number of carbonyl (C=O) groups is 4. The van der Waals surface area contributed by atoms with Gasteiger partial charge in [-0.15, -0.1) is 0 Å². The van der Waals surface area contributed by atoms with Gasteiger partial charge in [0.05, 0.1) is 20.8 Å². The molecule has 3 rings (SSSR count). The Balaban J connectivity index is 1.76. The molecule has 11 nitrogen and oxygen atoms in total. The second-order valence-corrected chi connectivity index (χ2v) is 6.23. The van der Waals surface area contributed by atoms with Crippen molar-refractivity contribution in [1.29, 1.82) is 0 Å². The maximum atomic E-state index is 12.6. The Morgan fingerprint density at radius 2 is 1.94 bits per heavy atom. The largest absolute Gasteiger partial charge is 0.493 e. The molecule has 1 aliphatic rings. The van der Waals surface area contributed by atoms with Crippen LogP contribution in [0.2, 0.25) is 0 Å². The number of amides is 3. The molecule has 0 unspecified atom stereocenters. The first-order valence-electron chi connectivity index (χ1n) is 8.86. The van der Waals surface area contributed by atoms with Crippen LogP contribution in [0.4, 0.5) is 4.79 Å². The molecule has 2 aromatic rings. The number of imide groups is 1. The highest BCUT2D eigenvalue weighted by Gasteiger charge is 2.34. The van der Waals surface area contributed by atoms with Crippen LogP contribution in [0.3, 0.4) is 0 Å². The predicted molar refractivity (Wildman–Crippen MR) is 103 cm³/mol. The van der Waals surface area contributed by atoms with E-state index >= 15 is 0 Å². The van der Waals surface area contributed by atoms with Gasteiger partial charge in [-0.05, 0) is 35.9 Å². The Bertz CT molecular complexity index is 1070. The van der Waals surface area contributed by atoms with Crippen LogP contribution in [0, 0.1) is 0 Å². The van der Waals surface area contributed by atoms with Crippen molar-refractivity contribution in [3.05, 3.63) is 53.1 Å². The molecule has 1 fully saturated rings. The number of carboxylic acid groups (broad SMARTS) is 1. The fourth-order valence-corrected chi connectivity index (χ4v) is 2.74. The van der Waals surface area contributed by atoms with E-state index in [1.807, 2.05) is 0 Å². The molecule has 0 saturated carbocycles. The number of nitrogens with zero attached hydrogens (tertiary/aromatic N) is 1. The number of rotatable bonds is 8. The summed E-state index contributed by atoms with van der Waals surface area (Å²) in [5.41, 5.74) is 0.530. The van der Waals surface area contributed by atoms with Crippen LogP contribution in [0.5, 0.6) is 11.5 Å². The van der Waals surface area contributed by atoms with Crippen molar-refractivity contribution in [2.45, 2.75) is 6.54 Å². The Labute approximate surface area is 175 Å². The first-order chi connectivity index (χ1) is 14.8. The number of urea groups is 1. The van der Waals surface area contributed by atoms with E-state index in [1.165, 1.54) is 44.6 Å². The number of benzene rings is 1. The zero-order valence-electron chi connectivity index (χ0n) is 16.5. The molecule has 2 heterocycles. The molecule has 1 saturated heterocycles. The third-order valence-electron chi connectivity index (χ3n) is 4.17. The number of esters is 1. The highest BCUT2D eigenvalue weighted by Crippen LogP contribution is 2.29. The lowest BCUT2D eigenvalue weighted by Gasteiger charge is -2.10. The van der Waals surface area contributed by atoms with Gasteiger partial charge in [0.15, 0.2) is 18.1 Å². The molecule has 31 heavy (non-hydrogen) atoms. The molecule has 1 aromatic carbocycles. The maximum Gasteiger partial charge on any atom is 0.373 e. The van der Waals surface area contributed by atoms with Gasteiger partial charge in [0, 0.05) is 0 Å². The smallest absolute Gasteiger partial charge is 0.373 e. The van der Waals surface area contributed by atoms with Crippen molar-refractivity contribution in [2.75, 3.05) is 20.8 Å². The van der Waals surface area contributed by atoms with Crippen molar-refractivity contribution < 1.29 is 42.9 Å². The van der Waals surface area contributed by atoms with Crippen molar-refractivity contribution >= 4 is 30.0 Å². The highest BCUT2D eigenvalue weighted by molar-refractivity contribution is 6.13. The molecule has 0 aliphatic carbocycles. The maximum absolute atomic E-state index is 12.6. The molecule has 0 radical (unpaired) electrons. The number of aliphatic carboxylic acids is 1. The molecule has 1 aliphatic heterocycles. The third-order valence-corrected chi connectivity index (χ3v) is 4.17. The summed E-state index contributed by atoms with van der Waals surface area (Å²) in [7, 11) is 2.59. The number of nitrogens with one attached hydrogen (secondary N) is 1. The first kappa shape index (κ1) is 21.4.